The van der Waals surface area contributed by atoms with Gasteiger partial charge in [0.15, 0.2) is 5.96 Å². The predicted octanol–water partition coefficient (Wildman–Crippen LogP) is 4.43. The summed E-state index contributed by atoms with van der Waals surface area (Å²) < 4.78 is 5.63. The fourth-order valence-corrected chi connectivity index (χ4v) is 3.07. The van der Waals surface area contributed by atoms with Gasteiger partial charge in [-0.3, -0.25) is 4.79 Å². The molecule has 0 aliphatic rings. The van der Waals surface area contributed by atoms with Gasteiger partial charge in [0.2, 0.25) is 5.89 Å². The van der Waals surface area contributed by atoms with Gasteiger partial charge in [0.1, 0.15) is 6.26 Å². The molecule has 0 bridgehead atoms. The van der Waals surface area contributed by atoms with E-state index >= 15 is 0 Å². The van der Waals surface area contributed by atoms with Crippen LogP contribution < -0.4 is 16.0 Å². The molecule has 7 nitrogen and oxygen atoms in total. The van der Waals surface area contributed by atoms with Crippen LogP contribution >= 0.6 is 0 Å². The van der Waals surface area contributed by atoms with E-state index in [9.17, 15) is 4.79 Å². The molecular weight excluding hydrogens is 414 g/mol. The number of carbonyl (C=O) groups is 1. The molecule has 3 rings (SSSR count). The number of rotatable bonds is 9. The van der Waals surface area contributed by atoms with Gasteiger partial charge < -0.3 is 20.4 Å². The van der Waals surface area contributed by atoms with Crippen LogP contribution in [0.4, 0.5) is 0 Å². The largest absolute Gasteiger partial charge is 0.444 e. The van der Waals surface area contributed by atoms with Crippen LogP contribution in [0.5, 0.6) is 0 Å². The molecular formula is C26H33N5O2. The SMILES string of the molecule is CCNC(=NCc1ccc(C(=O)NC(C)CC)cc1)NCc1coc(-c2ccc(C)cc2)n1. The van der Waals surface area contributed by atoms with Gasteiger partial charge in [-0.1, -0.05) is 36.8 Å². The number of amides is 1. The Morgan fingerprint density at radius 2 is 1.79 bits per heavy atom. The van der Waals surface area contributed by atoms with Crippen molar-refractivity contribution in [3.8, 4) is 11.5 Å². The number of aliphatic imine (C=N–C) groups is 1. The number of oxazole rings is 1. The van der Waals surface area contributed by atoms with Gasteiger partial charge in [-0.05, 0) is 57.0 Å². The third kappa shape index (κ3) is 7.20. The second-order valence-electron chi connectivity index (χ2n) is 8.04. The average Bonchev–Trinajstić information content (AvgIpc) is 3.30. The summed E-state index contributed by atoms with van der Waals surface area (Å²) in [6.07, 6.45) is 2.56. The summed E-state index contributed by atoms with van der Waals surface area (Å²) in [6.45, 7) is 9.86. The van der Waals surface area contributed by atoms with E-state index in [4.69, 9.17) is 4.42 Å². The van der Waals surface area contributed by atoms with Crippen LogP contribution in [0.25, 0.3) is 11.5 Å². The zero-order valence-corrected chi connectivity index (χ0v) is 19.8. The van der Waals surface area contributed by atoms with Crippen LogP contribution in [-0.4, -0.2) is 29.4 Å². The molecule has 7 heteroatoms. The van der Waals surface area contributed by atoms with Crippen molar-refractivity contribution in [1.82, 2.24) is 20.9 Å². The predicted molar refractivity (Wildman–Crippen MR) is 132 cm³/mol. The van der Waals surface area contributed by atoms with E-state index in [2.05, 4.69) is 32.9 Å². The number of guanidine groups is 1. The highest BCUT2D eigenvalue weighted by atomic mass is 16.3. The first-order valence-corrected chi connectivity index (χ1v) is 11.4. The second kappa shape index (κ2) is 11.9. The van der Waals surface area contributed by atoms with Crippen LogP contribution in [0, 0.1) is 6.92 Å². The van der Waals surface area contributed by atoms with Crippen LogP contribution in [0.1, 0.15) is 54.4 Å². The number of carbonyl (C=O) groups excluding carboxylic acids is 1. The fourth-order valence-electron chi connectivity index (χ4n) is 3.07. The minimum absolute atomic E-state index is 0.0491. The molecule has 3 aromatic rings. The second-order valence-corrected chi connectivity index (χ2v) is 8.04. The first-order valence-electron chi connectivity index (χ1n) is 11.4. The monoisotopic (exact) mass is 447 g/mol. The molecule has 0 saturated carbocycles. The Hall–Kier alpha value is -3.61. The molecule has 33 heavy (non-hydrogen) atoms. The molecule has 0 fully saturated rings. The Labute approximate surface area is 195 Å². The van der Waals surface area contributed by atoms with Crippen molar-refractivity contribution in [1.29, 1.82) is 0 Å². The van der Waals surface area contributed by atoms with Gasteiger partial charge in [0.05, 0.1) is 18.8 Å². The van der Waals surface area contributed by atoms with E-state index < -0.39 is 0 Å². The molecule has 1 atom stereocenters. The van der Waals surface area contributed by atoms with E-state index in [0.717, 1.165) is 29.8 Å². The van der Waals surface area contributed by atoms with Crippen molar-refractivity contribution < 1.29 is 9.21 Å². The summed E-state index contributed by atoms with van der Waals surface area (Å²) in [6, 6.07) is 15.8. The maximum absolute atomic E-state index is 12.2. The van der Waals surface area contributed by atoms with Crippen molar-refractivity contribution in [3.63, 3.8) is 0 Å². The van der Waals surface area contributed by atoms with Gasteiger partial charge in [-0.2, -0.15) is 0 Å². The van der Waals surface area contributed by atoms with Gasteiger partial charge in [0.25, 0.3) is 5.91 Å². The minimum Gasteiger partial charge on any atom is -0.444 e. The van der Waals surface area contributed by atoms with Gasteiger partial charge in [-0.15, -0.1) is 0 Å². The van der Waals surface area contributed by atoms with Crippen molar-refractivity contribution in [2.24, 2.45) is 4.99 Å². The van der Waals surface area contributed by atoms with Crippen molar-refractivity contribution >= 4 is 11.9 Å². The number of nitrogens with zero attached hydrogens (tertiary/aromatic N) is 2. The molecule has 0 saturated heterocycles. The topological polar surface area (TPSA) is 91.5 Å². The molecule has 1 unspecified atom stereocenters. The van der Waals surface area contributed by atoms with Crippen LogP contribution in [-0.2, 0) is 13.1 Å². The highest BCUT2D eigenvalue weighted by molar-refractivity contribution is 5.94. The smallest absolute Gasteiger partial charge is 0.251 e. The number of aromatic nitrogens is 1. The first kappa shape index (κ1) is 24.0. The molecule has 3 N–H and O–H groups in total. The summed E-state index contributed by atoms with van der Waals surface area (Å²) >= 11 is 0. The molecule has 0 spiro atoms. The number of aryl methyl sites for hydroxylation is 1. The highest BCUT2D eigenvalue weighted by Gasteiger charge is 2.09. The van der Waals surface area contributed by atoms with E-state index in [1.165, 1.54) is 5.56 Å². The third-order valence-electron chi connectivity index (χ3n) is 5.26. The number of hydrogen-bond acceptors (Lipinski definition) is 4. The Morgan fingerprint density at radius 1 is 1.06 bits per heavy atom. The van der Waals surface area contributed by atoms with E-state index in [1.807, 2.05) is 69.3 Å². The van der Waals surface area contributed by atoms with Crippen LogP contribution in [0.2, 0.25) is 0 Å². The van der Waals surface area contributed by atoms with Crippen molar-refractivity contribution in [2.75, 3.05) is 6.54 Å². The molecule has 0 aliphatic heterocycles. The first-order chi connectivity index (χ1) is 16.0. The summed E-state index contributed by atoms with van der Waals surface area (Å²) in [5.41, 5.74) is 4.63. The quantitative estimate of drug-likeness (QED) is 0.333. The third-order valence-corrected chi connectivity index (χ3v) is 5.26. The molecule has 1 heterocycles. The molecule has 1 aromatic heterocycles. The van der Waals surface area contributed by atoms with Crippen molar-refractivity contribution in [2.45, 2.75) is 53.2 Å². The zero-order valence-electron chi connectivity index (χ0n) is 19.8. The Balaban J connectivity index is 1.57. The lowest BCUT2D eigenvalue weighted by Crippen LogP contribution is -2.36. The fraction of sp³-hybridized carbons (Fsp3) is 0.346. The summed E-state index contributed by atoms with van der Waals surface area (Å²) in [4.78, 5) is 21.4. The molecule has 0 radical (unpaired) electrons. The van der Waals surface area contributed by atoms with Crippen LogP contribution in [0.15, 0.2) is 64.2 Å². The van der Waals surface area contributed by atoms with Gasteiger partial charge in [-0.25, -0.2) is 9.98 Å². The molecule has 1 amide bonds. The van der Waals surface area contributed by atoms with Crippen LogP contribution in [0.3, 0.4) is 0 Å². The average molecular weight is 448 g/mol. The maximum Gasteiger partial charge on any atom is 0.251 e. The Morgan fingerprint density at radius 3 is 2.45 bits per heavy atom. The molecule has 174 valence electrons. The van der Waals surface area contributed by atoms with E-state index in [0.29, 0.717) is 30.5 Å². The lowest BCUT2D eigenvalue weighted by atomic mass is 10.1. The lowest BCUT2D eigenvalue weighted by Gasteiger charge is -2.12. The summed E-state index contributed by atoms with van der Waals surface area (Å²) in [7, 11) is 0. The standard InChI is InChI=1S/C26H33N5O2/c1-5-19(4)30-24(32)21-13-9-20(10-14-21)15-28-26(27-6-2)29-16-23-17-33-25(31-23)22-11-7-18(3)8-12-22/h7-14,17,19H,5-6,15-16H2,1-4H3,(H,30,32)(H2,27,28,29). The Kier molecular flexibility index (Phi) is 8.63. The van der Waals surface area contributed by atoms with E-state index in [1.54, 1.807) is 6.26 Å². The number of benzene rings is 2. The minimum atomic E-state index is -0.0491. The number of hydrogen-bond donors (Lipinski definition) is 3. The van der Waals surface area contributed by atoms with E-state index in [-0.39, 0.29) is 11.9 Å². The Bertz CT molecular complexity index is 1060. The molecule has 0 aliphatic carbocycles. The van der Waals surface area contributed by atoms with Gasteiger partial charge >= 0.3 is 0 Å². The normalized spacial score (nSPS) is 12.3. The summed E-state index contributed by atoms with van der Waals surface area (Å²) in [5.74, 6) is 1.24. The number of nitrogens with one attached hydrogen (secondary N) is 3. The lowest BCUT2D eigenvalue weighted by molar-refractivity contribution is 0.0939. The van der Waals surface area contributed by atoms with Gasteiger partial charge in [0, 0.05) is 23.7 Å². The highest BCUT2D eigenvalue weighted by Crippen LogP contribution is 2.19. The maximum atomic E-state index is 12.2. The van der Waals surface area contributed by atoms with Crippen molar-refractivity contribution in [3.05, 3.63) is 77.2 Å². The summed E-state index contributed by atoms with van der Waals surface area (Å²) in [5, 5.41) is 9.51. The zero-order chi connectivity index (χ0) is 23.6. The molecule has 2 aromatic carbocycles.